The van der Waals surface area contributed by atoms with E-state index in [-0.39, 0.29) is 5.78 Å². The lowest BCUT2D eigenvalue weighted by atomic mass is 10.1. The molecule has 0 radical (unpaired) electrons. The average molecular weight is 286 g/mol. The first-order valence-electron chi connectivity index (χ1n) is 7.47. The minimum absolute atomic E-state index is 0.219. The van der Waals surface area contributed by atoms with Crippen molar-refractivity contribution in [1.82, 2.24) is 9.55 Å². The van der Waals surface area contributed by atoms with Gasteiger partial charge in [-0.1, -0.05) is 25.5 Å². The molecule has 4 heteroatoms. The lowest BCUT2D eigenvalue weighted by Crippen LogP contribution is -2.09. The summed E-state index contributed by atoms with van der Waals surface area (Å²) in [7, 11) is 0. The summed E-state index contributed by atoms with van der Waals surface area (Å²) in [5.74, 6) is 1.12. The molecular formula is C17H22N2O2. The molecule has 0 N–H and O–H groups in total. The highest BCUT2D eigenvalue weighted by atomic mass is 16.5. The maximum Gasteiger partial charge on any atom is 0.152 e. The predicted molar refractivity (Wildman–Crippen MR) is 82.4 cm³/mol. The number of carbonyl (C=O) groups is 1. The number of nitrogens with zero attached hydrogens (tertiary/aromatic N) is 2. The second-order valence-corrected chi connectivity index (χ2v) is 5.12. The van der Waals surface area contributed by atoms with Gasteiger partial charge in [-0.05, 0) is 30.5 Å². The third-order valence-electron chi connectivity index (χ3n) is 3.30. The molecule has 2 aromatic rings. The smallest absolute Gasteiger partial charge is 0.152 e. The number of carbonyl (C=O) groups excluding carboxylic acids is 1. The number of aryl methyl sites for hydroxylation is 1. The normalized spacial score (nSPS) is 10.5. The van der Waals surface area contributed by atoms with Crippen LogP contribution in [0.2, 0.25) is 0 Å². The molecule has 0 bridgehead atoms. The van der Waals surface area contributed by atoms with Gasteiger partial charge in [0.1, 0.15) is 5.75 Å². The zero-order valence-electron chi connectivity index (χ0n) is 12.5. The predicted octanol–water partition coefficient (Wildman–Crippen LogP) is 3.26. The molecule has 1 aromatic carbocycles. The number of ketones is 1. The van der Waals surface area contributed by atoms with Gasteiger partial charge < -0.3 is 9.30 Å². The maximum absolute atomic E-state index is 11.9. The Hall–Kier alpha value is -2.10. The molecule has 0 fully saturated rings. The lowest BCUT2D eigenvalue weighted by Gasteiger charge is -2.06. The Kier molecular flexibility index (Phi) is 6.00. The molecule has 1 heterocycles. The molecule has 0 unspecified atom stereocenters. The van der Waals surface area contributed by atoms with Gasteiger partial charge in [-0.3, -0.25) is 4.79 Å². The number of hydrogen-bond acceptors (Lipinski definition) is 3. The van der Waals surface area contributed by atoms with Crippen molar-refractivity contribution in [1.29, 1.82) is 0 Å². The van der Waals surface area contributed by atoms with Crippen LogP contribution < -0.4 is 4.74 Å². The van der Waals surface area contributed by atoms with Gasteiger partial charge >= 0.3 is 0 Å². The topological polar surface area (TPSA) is 44.1 Å². The summed E-state index contributed by atoms with van der Waals surface area (Å²) in [4.78, 5) is 15.8. The molecule has 112 valence electrons. The summed E-state index contributed by atoms with van der Waals surface area (Å²) in [6.07, 6.45) is 8.68. The number of aromatic nitrogens is 2. The SMILES string of the molecule is CCCCOc1ccc(CCC(=O)Cn2ccnc2)cc1. The van der Waals surface area contributed by atoms with E-state index in [0.717, 1.165) is 37.2 Å². The first kappa shape index (κ1) is 15.3. The Morgan fingerprint density at radius 1 is 1.29 bits per heavy atom. The van der Waals surface area contributed by atoms with Gasteiger partial charge in [-0.15, -0.1) is 0 Å². The summed E-state index contributed by atoms with van der Waals surface area (Å²) in [6, 6.07) is 8.02. The van der Waals surface area contributed by atoms with Crippen LogP contribution in [-0.2, 0) is 17.8 Å². The van der Waals surface area contributed by atoms with Gasteiger partial charge in [0.25, 0.3) is 0 Å². The van der Waals surface area contributed by atoms with E-state index in [0.29, 0.717) is 13.0 Å². The Morgan fingerprint density at radius 2 is 2.10 bits per heavy atom. The van der Waals surface area contributed by atoms with Crippen molar-refractivity contribution in [2.75, 3.05) is 6.61 Å². The quantitative estimate of drug-likeness (QED) is 0.665. The number of unbranched alkanes of at least 4 members (excludes halogenated alkanes) is 1. The van der Waals surface area contributed by atoms with Gasteiger partial charge in [0.15, 0.2) is 5.78 Å². The molecule has 0 aliphatic carbocycles. The summed E-state index contributed by atoms with van der Waals surface area (Å²) < 4.78 is 7.42. The van der Waals surface area contributed by atoms with Crippen LogP contribution in [0.25, 0.3) is 0 Å². The fraction of sp³-hybridized carbons (Fsp3) is 0.412. The van der Waals surface area contributed by atoms with Crippen LogP contribution in [0, 0.1) is 0 Å². The van der Waals surface area contributed by atoms with Crippen LogP contribution in [0.15, 0.2) is 43.0 Å². The standard InChI is InChI=1S/C17H22N2O2/c1-2-3-12-21-17-8-5-15(6-9-17)4-7-16(20)13-19-11-10-18-14-19/h5-6,8-11,14H,2-4,7,12-13H2,1H3. The molecule has 0 aliphatic heterocycles. The van der Waals surface area contributed by atoms with E-state index in [1.54, 1.807) is 23.3 Å². The van der Waals surface area contributed by atoms with Crippen molar-refractivity contribution < 1.29 is 9.53 Å². The molecule has 0 aliphatic rings. The number of rotatable bonds is 9. The average Bonchev–Trinajstić information content (AvgIpc) is 2.99. The summed E-state index contributed by atoms with van der Waals surface area (Å²) >= 11 is 0. The number of Topliss-reactive ketones (excluding diaryl/α,β-unsaturated/α-hetero) is 1. The van der Waals surface area contributed by atoms with Crippen molar-refractivity contribution in [2.45, 2.75) is 39.2 Å². The molecular weight excluding hydrogens is 264 g/mol. The Bertz CT molecular complexity index is 532. The third kappa shape index (κ3) is 5.42. The van der Waals surface area contributed by atoms with E-state index >= 15 is 0 Å². The van der Waals surface area contributed by atoms with Crippen LogP contribution in [-0.4, -0.2) is 21.9 Å². The first-order chi connectivity index (χ1) is 10.3. The molecule has 0 spiro atoms. The largest absolute Gasteiger partial charge is 0.494 e. The van der Waals surface area contributed by atoms with E-state index in [1.165, 1.54) is 0 Å². The number of ether oxygens (including phenoxy) is 1. The van der Waals surface area contributed by atoms with Gasteiger partial charge in [-0.25, -0.2) is 4.98 Å². The minimum Gasteiger partial charge on any atom is -0.494 e. The molecule has 1 aromatic heterocycles. The van der Waals surface area contributed by atoms with Crippen molar-refractivity contribution in [2.24, 2.45) is 0 Å². The Balaban J connectivity index is 1.74. The molecule has 0 saturated heterocycles. The van der Waals surface area contributed by atoms with E-state index < -0.39 is 0 Å². The van der Waals surface area contributed by atoms with Crippen molar-refractivity contribution in [3.63, 3.8) is 0 Å². The summed E-state index contributed by atoms with van der Waals surface area (Å²) in [5.41, 5.74) is 1.16. The van der Waals surface area contributed by atoms with E-state index in [4.69, 9.17) is 4.74 Å². The Morgan fingerprint density at radius 3 is 2.76 bits per heavy atom. The molecule has 4 nitrogen and oxygen atoms in total. The Labute approximate surface area is 125 Å². The van der Waals surface area contributed by atoms with E-state index in [1.807, 2.05) is 24.3 Å². The summed E-state index contributed by atoms with van der Waals surface area (Å²) in [6.45, 7) is 3.31. The zero-order valence-corrected chi connectivity index (χ0v) is 12.5. The lowest BCUT2D eigenvalue weighted by molar-refractivity contribution is -0.119. The van der Waals surface area contributed by atoms with Crippen molar-refractivity contribution in [3.05, 3.63) is 48.5 Å². The minimum atomic E-state index is 0.219. The van der Waals surface area contributed by atoms with E-state index in [2.05, 4.69) is 11.9 Å². The molecule has 0 atom stereocenters. The molecule has 2 rings (SSSR count). The highest BCUT2D eigenvalue weighted by Crippen LogP contribution is 2.14. The molecule has 21 heavy (non-hydrogen) atoms. The fourth-order valence-electron chi connectivity index (χ4n) is 2.03. The monoisotopic (exact) mass is 286 g/mol. The van der Waals surface area contributed by atoms with Crippen molar-refractivity contribution >= 4 is 5.78 Å². The van der Waals surface area contributed by atoms with Crippen LogP contribution >= 0.6 is 0 Å². The zero-order chi connectivity index (χ0) is 14.9. The third-order valence-corrected chi connectivity index (χ3v) is 3.30. The summed E-state index contributed by atoms with van der Waals surface area (Å²) in [5, 5.41) is 0. The van der Waals surface area contributed by atoms with Crippen LogP contribution in [0.4, 0.5) is 0 Å². The van der Waals surface area contributed by atoms with Crippen LogP contribution in [0.5, 0.6) is 5.75 Å². The highest BCUT2D eigenvalue weighted by molar-refractivity contribution is 5.78. The number of benzene rings is 1. The first-order valence-corrected chi connectivity index (χ1v) is 7.47. The molecule has 0 saturated carbocycles. The van der Waals surface area contributed by atoms with Gasteiger partial charge in [-0.2, -0.15) is 0 Å². The van der Waals surface area contributed by atoms with Crippen molar-refractivity contribution in [3.8, 4) is 5.75 Å². The van der Waals surface area contributed by atoms with Crippen LogP contribution in [0.1, 0.15) is 31.7 Å². The second kappa shape index (κ2) is 8.25. The van der Waals surface area contributed by atoms with Gasteiger partial charge in [0.2, 0.25) is 0 Å². The fourth-order valence-corrected chi connectivity index (χ4v) is 2.03. The molecule has 0 amide bonds. The van der Waals surface area contributed by atoms with E-state index in [9.17, 15) is 4.79 Å². The number of imidazole rings is 1. The van der Waals surface area contributed by atoms with Gasteiger partial charge in [0.05, 0.1) is 19.5 Å². The number of hydrogen-bond donors (Lipinski definition) is 0. The second-order valence-electron chi connectivity index (χ2n) is 5.12. The van der Waals surface area contributed by atoms with Crippen LogP contribution in [0.3, 0.4) is 0 Å². The maximum atomic E-state index is 11.9. The highest BCUT2D eigenvalue weighted by Gasteiger charge is 2.04. The van der Waals surface area contributed by atoms with Gasteiger partial charge in [0, 0.05) is 18.8 Å².